The maximum atomic E-state index is 12.2. The highest BCUT2D eigenvalue weighted by Crippen LogP contribution is 2.23. The number of ether oxygens (including phenoxy) is 2. The number of likely N-dealkylation sites (N-methyl/N-ethyl adjacent to an activating group) is 1. The molecule has 2 rings (SSSR count). The van der Waals surface area contributed by atoms with Crippen LogP contribution in [0.4, 0.5) is 0 Å². The number of esters is 1. The quantitative estimate of drug-likeness (QED) is 0.615. The molecule has 0 aromatic heterocycles. The molecule has 0 aromatic rings. The Bertz CT molecular complexity index is 262. The standard InChI is InChI=1S/C14H25NO3/c1-2-15-13-10-17-9-12(13)14(16)18-11-7-5-3-4-6-8-11/h11-13,15H,2-10H2,1H3. The molecule has 0 bridgehead atoms. The van der Waals surface area contributed by atoms with Crippen LogP contribution in [0, 0.1) is 5.92 Å². The summed E-state index contributed by atoms with van der Waals surface area (Å²) in [5.74, 6) is -0.182. The molecule has 2 unspecified atom stereocenters. The van der Waals surface area contributed by atoms with E-state index < -0.39 is 0 Å². The molecular weight excluding hydrogens is 230 g/mol. The first kappa shape index (κ1) is 13.8. The third kappa shape index (κ3) is 3.69. The van der Waals surface area contributed by atoms with Crippen molar-refractivity contribution in [3.8, 4) is 0 Å². The predicted octanol–water partition coefficient (Wildman–Crippen LogP) is 1.88. The summed E-state index contributed by atoms with van der Waals surface area (Å²) in [7, 11) is 0. The smallest absolute Gasteiger partial charge is 0.313 e. The molecule has 18 heavy (non-hydrogen) atoms. The first-order valence-electron chi connectivity index (χ1n) is 7.33. The summed E-state index contributed by atoms with van der Waals surface area (Å²) < 4.78 is 11.1. The van der Waals surface area contributed by atoms with Gasteiger partial charge in [0.1, 0.15) is 6.10 Å². The van der Waals surface area contributed by atoms with E-state index in [2.05, 4.69) is 5.32 Å². The van der Waals surface area contributed by atoms with Crippen LogP contribution in [0.1, 0.15) is 45.4 Å². The first-order chi connectivity index (χ1) is 8.81. The van der Waals surface area contributed by atoms with Gasteiger partial charge >= 0.3 is 5.97 Å². The largest absolute Gasteiger partial charge is 0.462 e. The molecule has 1 saturated carbocycles. The van der Waals surface area contributed by atoms with E-state index in [0.29, 0.717) is 13.2 Å². The Balaban J connectivity index is 1.82. The summed E-state index contributed by atoms with van der Waals surface area (Å²) in [5, 5.41) is 3.30. The lowest BCUT2D eigenvalue weighted by Crippen LogP contribution is -2.40. The normalized spacial score (nSPS) is 30.1. The van der Waals surface area contributed by atoms with Crippen LogP contribution in [0.25, 0.3) is 0 Å². The number of nitrogens with one attached hydrogen (secondary N) is 1. The highest BCUT2D eigenvalue weighted by molar-refractivity contribution is 5.74. The number of hydrogen-bond donors (Lipinski definition) is 1. The molecule has 1 aliphatic heterocycles. The van der Waals surface area contributed by atoms with Crippen LogP contribution < -0.4 is 5.32 Å². The Hall–Kier alpha value is -0.610. The van der Waals surface area contributed by atoms with Gasteiger partial charge in [0.05, 0.1) is 19.1 Å². The lowest BCUT2D eigenvalue weighted by Gasteiger charge is -2.21. The van der Waals surface area contributed by atoms with E-state index in [1.807, 2.05) is 6.92 Å². The van der Waals surface area contributed by atoms with E-state index >= 15 is 0 Å². The lowest BCUT2D eigenvalue weighted by molar-refractivity contribution is -0.155. The van der Waals surface area contributed by atoms with Crippen LogP contribution in [0.15, 0.2) is 0 Å². The van der Waals surface area contributed by atoms with Crippen molar-refractivity contribution in [2.45, 2.75) is 57.6 Å². The van der Waals surface area contributed by atoms with Gasteiger partial charge in [-0.05, 0) is 32.2 Å². The van der Waals surface area contributed by atoms with Gasteiger partial charge < -0.3 is 14.8 Å². The summed E-state index contributed by atoms with van der Waals surface area (Å²) in [6.45, 7) is 4.04. The summed E-state index contributed by atoms with van der Waals surface area (Å²) >= 11 is 0. The Morgan fingerprint density at radius 2 is 1.94 bits per heavy atom. The van der Waals surface area contributed by atoms with Gasteiger partial charge in [0.15, 0.2) is 0 Å². The Kier molecular flexibility index (Phi) is 5.45. The molecule has 0 aromatic carbocycles. The third-order valence-electron chi connectivity index (χ3n) is 3.93. The zero-order valence-electron chi connectivity index (χ0n) is 11.3. The highest BCUT2D eigenvalue weighted by atomic mass is 16.5. The molecule has 0 spiro atoms. The molecule has 1 N–H and O–H groups in total. The highest BCUT2D eigenvalue weighted by Gasteiger charge is 2.35. The number of carbonyl (C=O) groups is 1. The molecule has 1 heterocycles. The van der Waals surface area contributed by atoms with Crippen molar-refractivity contribution in [2.24, 2.45) is 5.92 Å². The second kappa shape index (κ2) is 7.10. The number of rotatable bonds is 4. The second-order valence-corrected chi connectivity index (χ2v) is 5.36. The Morgan fingerprint density at radius 1 is 1.22 bits per heavy atom. The molecular formula is C14H25NO3. The monoisotopic (exact) mass is 255 g/mol. The minimum atomic E-state index is -0.117. The summed E-state index contributed by atoms with van der Waals surface area (Å²) in [4.78, 5) is 12.2. The van der Waals surface area contributed by atoms with Crippen LogP contribution in [0.2, 0.25) is 0 Å². The van der Waals surface area contributed by atoms with Crippen LogP contribution >= 0.6 is 0 Å². The molecule has 0 radical (unpaired) electrons. The van der Waals surface area contributed by atoms with Crippen molar-refractivity contribution in [1.82, 2.24) is 5.32 Å². The average molecular weight is 255 g/mol. The van der Waals surface area contributed by atoms with Crippen LogP contribution in [-0.4, -0.2) is 37.9 Å². The summed E-state index contributed by atoms with van der Waals surface area (Å²) in [6, 6.07) is 0.133. The van der Waals surface area contributed by atoms with Crippen molar-refractivity contribution in [1.29, 1.82) is 0 Å². The van der Waals surface area contributed by atoms with Crippen molar-refractivity contribution < 1.29 is 14.3 Å². The van der Waals surface area contributed by atoms with Gasteiger partial charge in [-0.25, -0.2) is 0 Å². The summed E-state index contributed by atoms with van der Waals surface area (Å²) in [5.41, 5.74) is 0. The van der Waals surface area contributed by atoms with Gasteiger partial charge in [0.25, 0.3) is 0 Å². The van der Waals surface area contributed by atoms with E-state index in [9.17, 15) is 4.79 Å². The molecule has 4 heteroatoms. The molecule has 0 amide bonds. The molecule has 2 atom stereocenters. The van der Waals surface area contributed by atoms with Crippen molar-refractivity contribution in [2.75, 3.05) is 19.8 Å². The fourth-order valence-electron chi connectivity index (χ4n) is 2.86. The Labute approximate surface area is 109 Å². The number of carbonyl (C=O) groups excluding carboxylic acids is 1. The van der Waals surface area contributed by atoms with Crippen molar-refractivity contribution in [3.05, 3.63) is 0 Å². The minimum absolute atomic E-state index is 0.0645. The zero-order valence-corrected chi connectivity index (χ0v) is 11.3. The second-order valence-electron chi connectivity index (χ2n) is 5.36. The topological polar surface area (TPSA) is 47.6 Å². The van der Waals surface area contributed by atoms with E-state index in [-0.39, 0.29) is 24.0 Å². The maximum absolute atomic E-state index is 12.2. The molecule has 1 aliphatic carbocycles. The maximum Gasteiger partial charge on any atom is 0.313 e. The van der Waals surface area contributed by atoms with Gasteiger partial charge in [-0.3, -0.25) is 4.79 Å². The van der Waals surface area contributed by atoms with Crippen LogP contribution in [0.5, 0.6) is 0 Å². The SMILES string of the molecule is CCNC1COCC1C(=O)OC1CCCCCC1. The van der Waals surface area contributed by atoms with Crippen molar-refractivity contribution in [3.63, 3.8) is 0 Å². The fraction of sp³-hybridized carbons (Fsp3) is 0.929. The van der Waals surface area contributed by atoms with E-state index in [0.717, 1.165) is 19.4 Å². The van der Waals surface area contributed by atoms with Crippen molar-refractivity contribution >= 4 is 5.97 Å². The van der Waals surface area contributed by atoms with Gasteiger partial charge in [-0.2, -0.15) is 0 Å². The lowest BCUT2D eigenvalue weighted by atomic mass is 10.0. The Morgan fingerprint density at radius 3 is 2.61 bits per heavy atom. The van der Waals surface area contributed by atoms with Gasteiger partial charge in [-0.1, -0.05) is 19.8 Å². The summed E-state index contributed by atoms with van der Waals surface area (Å²) in [6.07, 6.45) is 7.14. The predicted molar refractivity (Wildman–Crippen MR) is 69.4 cm³/mol. The molecule has 4 nitrogen and oxygen atoms in total. The van der Waals surface area contributed by atoms with E-state index in [1.54, 1.807) is 0 Å². The molecule has 2 aliphatic rings. The average Bonchev–Trinajstić information content (AvgIpc) is 2.67. The van der Waals surface area contributed by atoms with Gasteiger partial charge in [0, 0.05) is 6.04 Å². The van der Waals surface area contributed by atoms with Gasteiger partial charge in [0.2, 0.25) is 0 Å². The molecule has 2 fully saturated rings. The van der Waals surface area contributed by atoms with Crippen LogP contribution in [0.3, 0.4) is 0 Å². The molecule has 1 saturated heterocycles. The minimum Gasteiger partial charge on any atom is -0.462 e. The third-order valence-corrected chi connectivity index (χ3v) is 3.93. The number of hydrogen-bond acceptors (Lipinski definition) is 4. The van der Waals surface area contributed by atoms with Crippen LogP contribution in [-0.2, 0) is 14.3 Å². The zero-order chi connectivity index (χ0) is 12.8. The first-order valence-corrected chi connectivity index (χ1v) is 7.33. The van der Waals surface area contributed by atoms with E-state index in [1.165, 1.54) is 25.7 Å². The van der Waals surface area contributed by atoms with Gasteiger partial charge in [-0.15, -0.1) is 0 Å². The van der Waals surface area contributed by atoms with E-state index in [4.69, 9.17) is 9.47 Å². The fourth-order valence-corrected chi connectivity index (χ4v) is 2.86. The molecule has 104 valence electrons.